The molecule has 3 nitrogen and oxygen atoms in total. The Bertz CT molecular complexity index is 590. The molecular formula is C19H24O3S. The van der Waals surface area contributed by atoms with Crippen LogP contribution < -0.4 is 0 Å². The number of thioether (sulfide) groups is 1. The summed E-state index contributed by atoms with van der Waals surface area (Å²) in [6.45, 7) is 2.18. The van der Waals surface area contributed by atoms with Crippen LogP contribution in [0.25, 0.3) is 0 Å². The average Bonchev–Trinajstić information content (AvgIpc) is 2.57. The highest BCUT2D eigenvalue weighted by Crippen LogP contribution is 2.38. The van der Waals surface area contributed by atoms with Crippen molar-refractivity contribution < 1.29 is 14.3 Å². The number of fused-ring (bicyclic) bond motifs is 1. The SMILES string of the molecule is CCOC(=O)C1SCC(=O)c2cc(CC3CCCCC3)ccc21. The van der Waals surface area contributed by atoms with Gasteiger partial charge in [0.1, 0.15) is 5.25 Å². The lowest BCUT2D eigenvalue weighted by atomic mass is 9.84. The van der Waals surface area contributed by atoms with Gasteiger partial charge in [-0.3, -0.25) is 9.59 Å². The maximum Gasteiger partial charge on any atom is 0.323 e. The fourth-order valence-electron chi connectivity index (χ4n) is 3.66. The number of ether oxygens (including phenoxy) is 1. The molecule has 23 heavy (non-hydrogen) atoms. The van der Waals surface area contributed by atoms with Gasteiger partial charge in [-0.2, -0.15) is 0 Å². The summed E-state index contributed by atoms with van der Waals surface area (Å²) >= 11 is 1.38. The molecule has 0 spiro atoms. The van der Waals surface area contributed by atoms with Gasteiger partial charge in [0.05, 0.1) is 12.4 Å². The molecule has 1 heterocycles. The number of carbonyl (C=O) groups is 2. The second-order valence-corrected chi connectivity index (χ2v) is 7.59. The molecule has 4 heteroatoms. The zero-order valence-electron chi connectivity index (χ0n) is 13.7. The van der Waals surface area contributed by atoms with E-state index in [0.29, 0.717) is 12.4 Å². The maximum absolute atomic E-state index is 12.3. The molecule has 1 saturated carbocycles. The van der Waals surface area contributed by atoms with Crippen LogP contribution in [0.1, 0.15) is 65.8 Å². The Hall–Kier alpha value is -1.29. The Morgan fingerprint density at radius 2 is 2.04 bits per heavy atom. The number of ketones is 1. The van der Waals surface area contributed by atoms with E-state index in [1.807, 2.05) is 19.1 Å². The predicted molar refractivity (Wildman–Crippen MR) is 92.9 cm³/mol. The highest BCUT2D eigenvalue weighted by atomic mass is 32.2. The Labute approximate surface area is 142 Å². The summed E-state index contributed by atoms with van der Waals surface area (Å²) in [5.74, 6) is 1.02. The first kappa shape index (κ1) is 16.6. The first-order chi connectivity index (χ1) is 11.2. The second-order valence-electron chi connectivity index (χ2n) is 6.50. The molecule has 1 aromatic rings. The van der Waals surface area contributed by atoms with E-state index in [-0.39, 0.29) is 17.0 Å². The van der Waals surface area contributed by atoms with Gasteiger partial charge in [-0.25, -0.2) is 0 Å². The molecule has 2 aliphatic rings. The highest BCUT2D eigenvalue weighted by molar-refractivity contribution is 8.01. The van der Waals surface area contributed by atoms with Crippen LogP contribution in [-0.2, 0) is 16.0 Å². The van der Waals surface area contributed by atoms with E-state index < -0.39 is 0 Å². The zero-order valence-corrected chi connectivity index (χ0v) is 14.5. The zero-order chi connectivity index (χ0) is 16.2. The summed E-state index contributed by atoms with van der Waals surface area (Å²) in [7, 11) is 0. The van der Waals surface area contributed by atoms with E-state index in [9.17, 15) is 9.59 Å². The van der Waals surface area contributed by atoms with Gasteiger partial charge < -0.3 is 4.74 Å². The van der Waals surface area contributed by atoms with Crippen molar-refractivity contribution in [2.75, 3.05) is 12.4 Å². The van der Waals surface area contributed by atoms with Crippen LogP contribution in [0.5, 0.6) is 0 Å². The summed E-state index contributed by atoms with van der Waals surface area (Å²) in [5, 5.41) is -0.355. The van der Waals surface area contributed by atoms with Gasteiger partial charge in [0.2, 0.25) is 0 Å². The number of benzene rings is 1. The quantitative estimate of drug-likeness (QED) is 0.769. The molecule has 1 aromatic carbocycles. The minimum Gasteiger partial charge on any atom is -0.465 e. The summed E-state index contributed by atoms with van der Waals surface area (Å²) in [5.41, 5.74) is 2.80. The normalized spacial score (nSPS) is 21.8. The molecular weight excluding hydrogens is 308 g/mol. The van der Waals surface area contributed by atoms with Crippen molar-refractivity contribution in [3.63, 3.8) is 0 Å². The predicted octanol–water partition coefficient (Wildman–Crippen LogP) is 4.34. The molecule has 1 aliphatic heterocycles. The van der Waals surface area contributed by atoms with Crippen LogP contribution in [0.3, 0.4) is 0 Å². The highest BCUT2D eigenvalue weighted by Gasteiger charge is 2.32. The van der Waals surface area contributed by atoms with E-state index in [1.54, 1.807) is 0 Å². The summed E-state index contributed by atoms with van der Waals surface area (Å²) in [6.07, 6.45) is 7.67. The second kappa shape index (κ2) is 7.52. The first-order valence-electron chi connectivity index (χ1n) is 8.63. The van der Waals surface area contributed by atoms with E-state index >= 15 is 0 Å². The molecule has 0 N–H and O–H groups in total. The molecule has 0 aromatic heterocycles. The lowest BCUT2D eigenvalue weighted by molar-refractivity contribution is -0.142. The van der Waals surface area contributed by atoms with E-state index in [0.717, 1.165) is 23.5 Å². The number of hydrogen-bond donors (Lipinski definition) is 0. The Kier molecular flexibility index (Phi) is 5.42. The van der Waals surface area contributed by atoms with E-state index in [4.69, 9.17) is 4.74 Å². The molecule has 0 saturated heterocycles. The fraction of sp³-hybridized carbons (Fsp3) is 0.579. The van der Waals surface area contributed by atoms with Crippen molar-refractivity contribution >= 4 is 23.5 Å². The number of Topliss-reactive ketones (excluding diaryl/α,β-unsaturated/α-hetero) is 1. The van der Waals surface area contributed by atoms with Crippen LogP contribution >= 0.6 is 11.8 Å². The van der Waals surface area contributed by atoms with Gasteiger partial charge >= 0.3 is 5.97 Å². The largest absolute Gasteiger partial charge is 0.465 e. The lowest BCUT2D eigenvalue weighted by Gasteiger charge is -2.25. The van der Waals surface area contributed by atoms with Crippen LogP contribution in [-0.4, -0.2) is 24.1 Å². The fourth-order valence-corrected chi connectivity index (χ4v) is 4.73. The molecule has 0 radical (unpaired) electrons. The van der Waals surface area contributed by atoms with Gasteiger partial charge in [-0.1, -0.05) is 44.2 Å². The minimum atomic E-state index is -0.355. The van der Waals surface area contributed by atoms with Crippen molar-refractivity contribution in [1.82, 2.24) is 0 Å². The van der Waals surface area contributed by atoms with Crippen LogP contribution in [0.15, 0.2) is 18.2 Å². The van der Waals surface area contributed by atoms with Crippen LogP contribution in [0.2, 0.25) is 0 Å². The third-order valence-electron chi connectivity index (χ3n) is 4.83. The van der Waals surface area contributed by atoms with Crippen molar-refractivity contribution in [2.45, 2.75) is 50.7 Å². The van der Waals surface area contributed by atoms with Crippen molar-refractivity contribution in [3.8, 4) is 0 Å². The molecule has 0 bridgehead atoms. The number of carbonyl (C=O) groups excluding carboxylic acids is 2. The lowest BCUT2D eigenvalue weighted by Crippen LogP contribution is -2.23. The monoisotopic (exact) mass is 332 g/mol. The Morgan fingerprint density at radius 1 is 1.26 bits per heavy atom. The number of rotatable bonds is 4. The Balaban J connectivity index is 1.80. The molecule has 1 unspecified atom stereocenters. The van der Waals surface area contributed by atoms with Crippen LogP contribution in [0, 0.1) is 5.92 Å². The summed E-state index contributed by atoms with van der Waals surface area (Å²) in [6, 6.07) is 6.09. The maximum atomic E-state index is 12.3. The summed E-state index contributed by atoms with van der Waals surface area (Å²) < 4.78 is 5.15. The third-order valence-corrected chi connectivity index (χ3v) is 6.04. The molecule has 124 valence electrons. The van der Waals surface area contributed by atoms with Crippen LogP contribution in [0.4, 0.5) is 0 Å². The van der Waals surface area contributed by atoms with E-state index in [2.05, 4.69) is 6.07 Å². The molecule has 1 fully saturated rings. The molecule has 1 atom stereocenters. The first-order valence-corrected chi connectivity index (χ1v) is 9.68. The average molecular weight is 332 g/mol. The summed E-state index contributed by atoms with van der Waals surface area (Å²) in [4.78, 5) is 24.4. The third kappa shape index (κ3) is 3.79. The van der Waals surface area contributed by atoms with E-state index in [1.165, 1.54) is 49.4 Å². The van der Waals surface area contributed by atoms with Crippen molar-refractivity contribution in [1.29, 1.82) is 0 Å². The van der Waals surface area contributed by atoms with Gasteiger partial charge in [0.15, 0.2) is 5.78 Å². The standard InChI is InChI=1S/C19H24O3S/c1-2-22-19(21)18-15-9-8-14(10-13-6-4-3-5-7-13)11-16(15)17(20)12-23-18/h8-9,11,13,18H,2-7,10,12H2,1H3. The van der Waals surface area contributed by atoms with Gasteiger partial charge in [-0.15, -0.1) is 11.8 Å². The Morgan fingerprint density at radius 3 is 2.78 bits per heavy atom. The number of hydrogen-bond acceptors (Lipinski definition) is 4. The van der Waals surface area contributed by atoms with Crippen molar-refractivity contribution in [2.24, 2.45) is 5.92 Å². The topological polar surface area (TPSA) is 43.4 Å². The molecule has 1 aliphatic carbocycles. The molecule has 0 amide bonds. The van der Waals surface area contributed by atoms with Gasteiger partial charge in [-0.05, 0) is 36.5 Å². The number of esters is 1. The van der Waals surface area contributed by atoms with Gasteiger partial charge in [0, 0.05) is 5.56 Å². The van der Waals surface area contributed by atoms with Gasteiger partial charge in [0.25, 0.3) is 0 Å². The van der Waals surface area contributed by atoms with Crippen molar-refractivity contribution in [3.05, 3.63) is 34.9 Å². The minimum absolute atomic E-state index is 0.135. The smallest absolute Gasteiger partial charge is 0.323 e. The molecule has 3 rings (SSSR count).